The fourth-order valence-corrected chi connectivity index (χ4v) is 1.82. The molecule has 2 heteroatoms. The summed E-state index contributed by atoms with van der Waals surface area (Å²) in [4.78, 5) is 0. The Kier molecular flexibility index (Phi) is 2.24. The normalized spacial score (nSPS) is 12.0. The first-order valence-electron chi connectivity index (χ1n) is 4.96. The molecule has 0 heterocycles. The van der Waals surface area contributed by atoms with Crippen molar-refractivity contribution < 1.29 is 4.39 Å². The van der Waals surface area contributed by atoms with E-state index < -0.39 is 5.54 Å². The number of hydrogen-bond donors (Lipinski definition) is 1. The van der Waals surface area contributed by atoms with Crippen LogP contribution < -0.4 is 5.73 Å². The molecule has 0 aliphatic rings. The van der Waals surface area contributed by atoms with Crippen LogP contribution in [0.2, 0.25) is 0 Å². The van der Waals surface area contributed by atoms with Crippen LogP contribution in [0.4, 0.5) is 4.39 Å². The summed E-state index contributed by atoms with van der Waals surface area (Å²) in [5.74, 6) is -0.213. The van der Waals surface area contributed by atoms with E-state index in [-0.39, 0.29) is 5.82 Å². The molecular weight excluding hydrogens is 189 g/mol. The molecule has 2 aromatic rings. The molecule has 0 spiro atoms. The lowest BCUT2D eigenvalue weighted by Crippen LogP contribution is -2.28. The Labute approximate surface area is 88.7 Å². The molecule has 0 unspecified atom stereocenters. The van der Waals surface area contributed by atoms with Gasteiger partial charge >= 0.3 is 0 Å². The summed E-state index contributed by atoms with van der Waals surface area (Å²) >= 11 is 0. The molecule has 15 heavy (non-hydrogen) atoms. The standard InChI is InChI=1S/C13H14FN/c1-13(2,15)12-5-3-4-9-8-10(14)6-7-11(9)12/h3-8H,15H2,1-2H3. The summed E-state index contributed by atoms with van der Waals surface area (Å²) in [7, 11) is 0. The van der Waals surface area contributed by atoms with Crippen LogP contribution in [0.15, 0.2) is 36.4 Å². The fourth-order valence-electron chi connectivity index (χ4n) is 1.82. The third-order valence-corrected chi connectivity index (χ3v) is 2.54. The lowest BCUT2D eigenvalue weighted by Gasteiger charge is -2.21. The minimum Gasteiger partial charge on any atom is -0.322 e. The summed E-state index contributed by atoms with van der Waals surface area (Å²) in [5, 5.41) is 1.91. The third kappa shape index (κ3) is 1.85. The van der Waals surface area contributed by atoms with E-state index in [2.05, 4.69) is 0 Å². The van der Waals surface area contributed by atoms with E-state index in [0.29, 0.717) is 0 Å². The number of hydrogen-bond acceptors (Lipinski definition) is 1. The molecule has 0 aromatic heterocycles. The molecule has 0 atom stereocenters. The van der Waals surface area contributed by atoms with Crippen LogP contribution in [-0.4, -0.2) is 0 Å². The molecule has 2 aromatic carbocycles. The lowest BCUT2D eigenvalue weighted by atomic mass is 9.90. The van der Waals surface area contributed by atoms with Crippen molar-refractivity contribution in [2.75, 3.05) is 0 Å². The van der Waals surface area contributed by atoms with E-state index in [1.54, 1.807) is 6.07 Å². The first-order valence-corrected chi connectivity index (χ1v) is 4.96. The fraction of sp³-hybridized carbons (Fsp3) is 0.231. The van der Waals surface area contributed by atoms with Crippen LogP contribution in [0.25, 0.3) is 10.8 Å². The Morgan fingerprint density at radius 2 is 1.87 bits per heavy atom. The predicted octanol–water partition coefficient (Wildman–Crippen LogP) is 3.17. The van der Waals surface area contributed by atoms with Gasteiger partial charge in [0.1, 0.15) is 5.82 Å². The average molecular weight is 203 g/mol. The minimum atomic E-state index is -0.405. The van der Waals surface area contributed by atoms with E-state index in [0.717, 1.165) is 16.3 Å². The molecule has 0 saturated carbocycles. The van der Waals surface area contributed by atoms with Gasteiger partial charge in [-0.2, -0.15) is 0 Å². The molecule has 0 radical (unpaired) electrons. The zero-order valence-corrected chi connectivity index (χ0v) is 8.92. The second-order valence-corrected chi connectivity index (χ2v) is 4.39. The van der Waals surface area contributed by atoms with Gasteiger partial charge in [0.2, 0.25) is 0 Å². The van der Waals surface area contributed by atoms with Gasteiger partial charge < -0.3 is 5.73 Å². The third-order valence-electron chi connectivity index (χ3n) is 2.54. The maximum absolute atomic E-state index is 13.0. The van der Waals surface area contributed by atoms with Crippen LogP contribution in [0.1, 0.15) is 19.4 Å². The summed E-state index contributed by atoms with van der Waals surface area (Å²) in [6.07, 6.45) is 0. The monoisotopic (exact) mass is 203 g/mol. The van der Waals surface area contributed by atoms with Crippen molar-refractivity contribution in [3.63, 3.8) is 0 Å². The molecule has 2 N–H and O–H groups in total. The molecule has 0 amide bonds. The van der Waals surface area contributed by atoms with Gasteiger partial charge in [-0.3, -0.25) is 0 Å². The second-order valence-electron chi connectivity index (χ2n) is 4.39. The van der Waals surface area contributed by atoms with Crippen molar-refractivity contribution in [2.45, 2.75) is 19.4 Å². The van der Waals surface area contributed by atoms with E-state index >= 15 is 0 Å². The SMILES string of the molecule is CC(C)(N)c1cccc2cc(F)ccc12. The Hall–Kier alpha value is -1.41. The zero-order chi connectivity index (χ0) is 11.1. The summed E-state index contributed by atoms with van der Waals surface area (Å²) in [6.45, 7) is 3.90. The molecule has 0 saturated heterocycles. The Morgan fingerprint density at radius 3 is 2.53 bits per heavy atom. The van der Waals surface area contributed by atoms with Crippen molar-refractivity contribution in [2.24, 2.45) is 5.73 Å². The van der Waals surface area contributed by atoms with Crippen LogP contribution in [0.3, 0.4) is 0 Å². The number of rotatable bonds is 1. The topological polar surface area (TPSA) is 26.0 Å². The van der Waals surface area contributed by atoms with Gasteiger partial charge in [0, 0.05) is 5.54 Å². The van der Waals surface area contributed by atoms with Crippen LogP contribution >= 0.6 is 0 Å². The highest BCUT2D eigenvalue weighted by Gasteiger charge is 2.16. The molecule has 1 nitrogen and oxygen atoms in total. The zero-order valence-electron chi connectivity index (χ0n) is 8.92. The molecule has 0 fully saturated rings. The van der Waals surface area contributed by atoms with Crippen LogP contribution in [-0.2, 0) is 5.54 Å². The molecule has 0 aliphatic heterocycles. The lowest BCUT2D eigenvalue weighted by molar-refractivity contribution is 0.559. The molecular formula is C13H14FN. The summed E-state index contributed by atoms with van der Waals surface area (Å²) in [6, 6.07) is 10.6. The number of benzene rings is 2. The molecule has 0 bridgehead atoms. The summed E-state index contributed by atoms with van der Waals surface area (Å²) in [5.41, 5.74) is 6.70. The van der Waals surface area contributed by atoms with Gasteiger partial charge in [0.25, 0.3) is 0 Å². The predicted molar refractivity (Wildman–Crippen MR) is 61.1 cm³/mol. The van der Waals surface area contributed by atoms with Gasteiger partial charge in [0.05, 0.1) is 0 Å². The van der Waals surface area contributed by atoms with E-state index in [4.69, 9.17) is 5.73 Å². The van der Waals surface area contributed by atoms with Crippen LogP contribution in [0.5, 0.6) is 0 Å². The number of halogens is 1. The maximum Gasteiger partial charge on any atom is 0.123 e. The minimum absolute atomic E-state index is 0.213. The number of nitrogens with two attached hydrogens (primary N) is 1. The second kappa shape index (κ2) is 3.31. The Balaban J connectivity index is 2.77. The largest absolute Gasteiger partial charge is 0.322 e. The number of fused-ring (bicyclic) bond motifs is 1. The molecule has 2 rings (SSSR count). The molecule has 78 valence electrons. The average Bonchev–Trinajstić information content (AvgIpc) is 2.15. The van der Waals surface area contributed by atoms with Gasteiger partial charge in [-0.25, -0.2) is 4.39 Å². The smallest absolute Gasteiger partial charge is 0.123 e. The quantitative estimate of drug-likeness (QED) is 0.756. The van der Waals surface area contributed by atoms with Crippen molar-refractivity contribution in [1.29, 1.82) is 0 Å². The van der Waals surface area contributed by atoms with Gasteiger partial charge in [-0.1, -0.05) is 24.3 Å². The van der Waals surface area contributed by atoms with E-state index in [1.807, 2.05) is 32.0 Å². The summed E-state index contributed by atoms with van der Waals surface area (Å²) < 4.78 is 13.0. The first kappa shape index (κ1) is 10.1. The van der Waals surface area contributed by atoms with Crippen molar-refractivity contribution in [3.05, 3.63) is 47.8 Å². The highest BCUT2D eigenvalue weighted by atomic mass is 19.1. The van der Waals surface area contributed by atoms with E-state index in [9.17, 15) is 4.39 Å². The Bertz CT molecular complexity index is 497. The maximum atomic E-state index is 13.0. The van der Waals surface area contributed by atoms with Crippen LogP contribution in [0, 0.1) is 5.82 Å². The van der Waals surface area contributed by atoms with Gasteiger partial charge in [-0.05, 0) is 42.3 Å². The van der Waals surface area contributed by atoms with Gasteiger partial charge in [0.15, 0.2) is 0 Å². The van der Waals surface area contributed by atoms with Crippen molar-refractivity contribution in [1.82, 2.24) is 0 Å². The Morgan fingerprint density at radius 1 is 1.13 bits per heavy atom. The van der Waals surface area contributed by atoms with E-state index in [1.165, 1.54) is 12.1 Å². The highest BCUT2D eigenvalue weighted by molar-refractivity contribution is 5.86. The highest BCUT2D eigenvalue weighted by Crippen LogP contribution is 2.26. The molecule has 0 aliphatic carbocycles. The van der Waals surface area contributed by atoms with Gasteiger partial charge in [-0.15, -0.1) is 0 Å². The van der Waals surface area contributed by atoms with Crippen molar-refractivity contribution in [3.8, 4) is 0 Å². The van der Waals surface area contributed by atoms with Crippen molar-refractivity contribution >= 4 is 10.8 Å². The first-order chi connectivity index (χ1) is 6.98.